The minimum atomic E-state index is -4.70. The lowest BCUT2D eigenvalue weighted by Crippen LogP contribution is -2.34. The molecule has 0 aliphatic carbocycles. The third-order valence-electron chi connectivity index (χ3n) is 8.01. The van der Waals surface area contributed by atoms with Gasteiger partial charge in [0.2, 0.25) is 0 Å². The van der Waals surface area contributed by atoms with E-state index in [0.29, 0.717) is 12.8 Å². The Labute approximate surface area is 290 Å². The van der Waals surface area contributed by atoms with Crippen LogP contribution < -0.4 is 5.73 Å². The van der Waals surface area contributed by atoms with Crippen molar-refractivity contribution in [2.75, 3.05) is 19.8 Å². The molecule has 4 N–H and O–H groups in total. The fourth-order valence-corrected chi connectivity index (χ4v) is 5.78. The normalized spacial score (nSPS) is 14.1. The molecule has 0 spiro atoms. The molecule has 48 heavy (non-hydrogen) atoms. The van der Waals surface area contributed by atoms with Crippen LogP contribution in [0.3, 0.4) is 0 Å². The number of carbonyl (C=O) groups excluding carboxylic acids is 2. The number of hydrogen-bond acceptors (Lipinski definition) is 9. The Morgan fingerprint density at radius 1 is 0.625 bits per heavy atom. The molecule has 11 nitrogen and oxygen atoms in total. The summed E-state index contributed by atoms with van der Waals surface area (Å²) in [5.74, 6) is -2.40. The van der Waals surface area contributed by atoms with Crippen molar-refractivity contribution in [3.05, 3.63) is 12.2 Å². The summed E-state index contributed by atoms with van der Waals surface area (Å²) in [5.41, 5.74) is 5.30. The van der Waals surface area contributed by atoms with Gasteiger partial charge in [-0.25, -0.2) is 4.57 Å². The fraction of sp³-hybridized carbons (Fsp3) is 0.861. The van der Waals surface area contributed by atoms with Crippen molar-refractivity contribution in [1.82, 2.24) is 0 Å². The van der Waals surface area contributed by atoms with E-state index in [2.05, 4.69) is 30.5 Å². The molecule has 0 aromatic carbocycles. The highest BCUT2D eigenvalue weighted by Crippen LogP contribution is 2.43. The van der Waals surface area contributed by atoms with E-state index in [1.165, 1.54) is 83.5 Å². The smallest absolute Gasteiger partial charge is 0.472 e. The number of ether oxygens (including phenoxy) is 2. The van der Waals surface area contributed by atoms with Crippen LogP contribution in [0.2, 0.25) is 0 Å². The number of aliphatic carboxylic acids is 1. The summed E-state index contributed by atoms with van der Waals surface area (Å²) < 4.78 is 32.4. The van der Waals surface area contributed by atoms with Crippen LogP contribution in [0.15, 0.2) is 12.2 Å². The Morgan fingerprint density at radius 3 is 1.54 bits per heavy atom. The van der Waals surface area contributed by atoms with Crippen molar-refractivity contribution in [2.24, 2.45) is 5.73 Å². The van der Waals surface area contributed by atoms with E-state index in [9.17, 15) is 23.8 Å². The van der Waals surface area contributed by atoms with E-state index in [1.54, 1.807) is 0 Å². The third kappa shape index (κ3) is 31.5. The largest absolute Gasteiger partial charge is 0.480 e. The molecule has 0 rings (SSSR count). The first kappa shape index (κ1) is 46.2. The maximum absolute atomic E-state index is 12.5. The molecule has 0 aliphatic rings. The summed E-state index contributed by atoms with van der Waals surface area (Å²) in [4.78, 5) is 45.6. The topological polar surface area (TPSA) is 172 Å². The predicted octanol–water partition coefficient (Wildman–Crippen LogP) is 8.95. The number of carboxylic acid groups (broad SMARTS) is 1. The van der Waals surface area contributed by atoms with E-state index in [1.807, 2.05) is 0 Å². The molecule has 0 saturated carbocycles. The summed E-state index contributed by atoms with van der Waals surface area (Å²) in [6.07, 6.45) is 28.7. The molecule has 3 atom stereocenters. The van der Waals surface area contributed by atoms with Gasteiger partial charge in [-0.15, -0.1) is 0 Å². The third-order valence-corrected chi connectivity index (χ3v) is 8.96. The molecule has 282 valence electrons. The fourth-order valence-electron chi connectivity index (χ4n) is 5.00. The highest BCUT2D eigenvalue weighted by atomic mass is 31.2. The molecule has 0 aromatic rings. The van der Waals surface area contributed by atoms with Gasteiger partial charge in [0.25, 0.3) is 0 Å². The highest BCUT2D eigenvalue weighted by molar-refractivity contribution is 7.47. The van der Waals surface area contributed by atoms with Crippen LogP contribution in [0.25, 0.3) is 0 Å². The molecule has 1 unspecified atom stereocenters. The number of allylic oxidation sites excluding steroid dienone is 2. The summed E-state index contributed by atoms with van der Waals surface area (Å²) in [7, 11) is -4.70. The first-order valence-electron chi connectivity index (χ1n) is 18.7. The van der Waals surface area contributed by atoms with E-state index >= 15 is 0 Å². The van der Waals surface area contributed by atoms with Gasteiger partial charge in [0, 0.05) is 12.8 Å². The maximum Gasteiger partial charge on any atom is 0.472 e. The Balaban J connectivity index is 4.42. The Hall–Kier alpha value is -1.78. The van der Waals surface area contributed by atoms with Crippen molar-refractivity contribution < 1.29 is 47.5 Å². The lowest BCUT2D eigenvalue weighted by atomic mass is 10.1. The van der Waals surface area contributed by atoms with Crippen molar-refractivity contribution in [3.63, 3.8) is 0 Å². The number of carboxylic acids is 1. The molecular formula is C36H68NO10P. The SMILES string of the molecule is CCCCCCCCCC/C=C/CCCCCC(=O)OC[C@@H](COP(=O)(O)OC[C@@H](N)C(=O)O)OC(=O)CCCCCCCCCCC. The Morgan fingerprint density at radius 2 is 1.04 bits per heavy atom. The molecule has 0 radical (unpaired) electrons. The minimum absolute atomic E-state index is 0.161. The van der Waals surface area contributed by atoms with E-state index in [4.69, 9.17) is 24.8 Å². The van der Waals surface area contributed by atoms with Gasteiger partial charge in [-0.2, -0.15) is 0 Å². The number of unbranched alkanes of at least 4 members (excludes halogenated alkanes) is 19. The molecule has 0 saturated heterocycles. The number of nitrogens with two attached hydrogens (primary N) is 1. The van der Waals surface area contributed by atoms with E-state index in [-0.39, 0.29) is 19.4 Å². The molecule has 0 heterocycles. The molecule has 0 amide bonds. The van der Waals surface area contributed by atoms with Crippen molar-refractivity contribution >= 4 is 25.7 Å². The first-order valence-corrected chi connectivity index (χ1v) is 20.2. The zero-order valence-electron chi connectivity index (χ0n) is 30.1. The van der Waals surface area contributed by atoms with Gasteiger partial charge in [-0.3, -0.25) is 23.4 Å². The van der Waals surface area contributed by atoms with Gasteiger partial charge in [0.05, 0.1) is 13.2 Å². The average Bonchev–Trinajstić information content (AvgIpc) is 3.05. The second-order valence-corrected chi connectivity index (χ2v) is 14.2. The summed E-state index contributed by atoms with van der Waals surface area (Å²) in [5, 5.41) is 8.84. The van der Waals surface area contributed by atoms with Gasteiger partial charge < -0.3 is 25.2 Å². The quantitative estimate of drug-likeness (QED) is 0.0249. The number of phosphoric ester groups is 1. The Bertz CT molecular complexity index is 885. The molecule has 0 bridgehead atoms. The molecule has 0 aromatic heterocycles. The number of rotatable bonds is 35. The van der Waals surface area contributed by atoms with Crippen molar-refractivity contribution in [3.8, 4) is 0 Å². The van der Waals surface area contributed by atoms with Crippen molar-refractivity contribution in [2.45, 2.75) is 180 Å². The minimum Gasteiger partial charge on any atom is -0.480 e. The van der Waals surface area contributed by atoms with Crippen LogP contribution >= 0.6 is 7.82 Å². The van der Waals surface area contributed by atoms with Crippen LogP contribution in [-0.4, -0.2) is 59.9 Å². The van der Waals surface area contributed by atoms with Crippen molar-refractivity contribution in [1.29, 1.82) is 0 Å². The average molecular weight is 706 g/mol. The van der Waals surface area contributed by atoms with Crippen LogP contribution in [0.5, 0.6) is 0 Å². The maximum atomic E-state index is 12.5. The van der Waals surface area contributed by atoms with Gasteiger partial charge in [-0.05, 0) is 38.5 Å². The lowest BCUT2D eigenvalue weighted by molar-refractivity contribution is -0.161. The van der Waals surface area contributed by atoms with Crippen LogP contribution in [-0.2, 0) is 37.5 Å². The number of carbonyl (C=O) groups is 3. The Kier molecular flexibility index (Phi) is 31.2. The number of phosphoric acid groups is 1. The van der Waals surface area contributed by atoms with Gasteiger partial charge in [0.1, 0.15) is 12.6 Å². The van der Waals surface area contributed by atoms with Gasteiger partial charge >= 0.3 is 25.7 Å². The van der Waals surface area contributed by atoms with Gasteiger partial charge in [-0.1, -0.05) is 129 Å². The van der Waals surface area contributed by atoms with Crippen LogP contribution in [0.4, 0.5) is 0 Å². The van der Waals surface area contributed by atoms with Gasteiger partial charge in [0.15, 0.2) is 6.10 Å². The molecular weight excluding hydrogens is 637 g/mol. The highest BCUT2D eigenvalue weighted by Gasteiger charge is 2.28. The monoisotopic (exact) mass is 705 g/mol. The summed E-state index contributed by atoms with van der Waals surface area (Å²) in [6, 6.07) is -1.52. The predicted molar refractivity (Wildman–Crippen MR) is 189 cm³/mol. The van der Waals surface area contributed by atoms with E-state index in [0.717, 1.165) is 44.9 Å². The molecule has 0 fully saturated rings. The summed E-state index contributed by atoms with van der Waals surface area (Å²) >= 11 is 0. The van der Waals surface area contributed by atoms with E-state index < -0.39 is 51.1 Å². The molecule has 0 aliphatic heterocycles. The lowest BCUT2D eigenvalue weighted by Gasteiger charge is -2.20. The second-order valence-electron chi connectivity index (χ2n) is 12.7. The first-order chi connectivity index (χ1) is 23.1. The molecule has 12 heteroatoms. The summed E-state index contributed by atoms with van der Waals surface area (Å²) in [6.45, 7) is 2.74. The zero-order chi connectivity index (χ0) is 35.7. The zero-order valence-corrected chi connectivity index (χ0v) is 31.0. The number of esters is 2. The standard InChI is InChI=1S/C36H68NO10P/c1-3-5-7-9-11-13-14-15-16-17-18-20-21-23-25-27-34(38)44-29-32(30-45-48(42,43)46-31-33(37)36(40)41)47-35(39)28-26-24-22-19-12-10-8-6-4-2/h17-18,32-33H,3-16,19-31,37H2,1-2H3,(H,40,41)(H,42,43)/b18-17+/t32-,33+/m0/s1. The van der Waals surface area contributed by atoms with Crippen LogP contribution in [0.1, 0.15) is 168 Å². The second kappa shape index (κ2) is 32.4. The number of hydrogen-bond donors (Lipinski definition) is 3. The van der Waals surface area contributed by atoms with Crippen LogP contribution in [0, 0.1) is 0 Å².